The zero-order valence-corrected chi connectivity index (χ0v) is 13.1. The number of benzene rings is 1. The molecule has 4 nitrogen and oxygen atoms in total. The van der Waals surface area contributed by atoms with E-state index in [9.17, 15) is 12.8 Å². The Morgan fingerprint density at radius 1 is 1.19 bits per heavy atom. The normalized spacial score (nSPS) is 19.5. The molecule has 0 heterocycles. The number of halogens is 2. The largest absolute Gasteiger partial charge is 0.310 e. The van der Waals surface area contributed by atoms with Gasteiger partial charge in [-0.1, -0.05) is 18.0 Å². The predicted molar refractivity (Wildman–Crippen MR) is 79.2 cm³/mol. The van der Waals surface area contributed by atoms with Crippen LogP contribution < -0.4 is 10.0 Å². The van der Waals surface area contributed by atoms with Gasteiger partial charge in [0.2, 0.25) is 10.0 Å². The van der Waals surface area contributed by atoms with Gasteiger partial charge in [-0.05, 0) is 43.4 Å². The quantitative estimate of drug-likeness (QED) is 0.841. The average Bonchev–Trinajstić information content (AvgIpc) is 3.19. The second-order valence-electron chi connectivity index (χ2n) is 5.78. The van der Waals surface area contributed by atoms with Crippen molar-refractivity contribution in [2.75, 3.05) is 0 Å². The number of sulfonamides is 1. The van der Waals surface area contributed by atoms with Crippen LogP contribution in [0.5, 0.6) is 0 Å². The van der Waals surface area contributed by atoms with Crippen LogP contribution in [0.3, 0.4) is 0 Å². The van der Waals surface area contributed by atoms with Gasteiger partial charge in [-0.25, -0.2) is 17.5 Å². The maximum absolute atomic E-state index is 13.9. The van der Waals surface area contributed by atoms with Crippen LogP contribution >= 0.6 is 11.6 Å². The first kappa shape index (κ1) is 15.2. The molecule has 2 aliphatic rings. The fourth-order valence-electron chi connectivity index (χ4n) is 2.26. The molecule has 2 fully saturated rings. The van der Waals surface area contributed by atoms with E-state index in [0.29, 0.717) is 18.2 Å². The molecule has 3 rings (SSSR count). The summed E-state index contributed by atoms with van der Waals surface area (Å²) in [5, 5.41) is 3.21. The predicted octanol–water partition coefficient (Wildman–Crippen LogP) is 2.56. The van der Waals surface area contributed by atoms with E-state index in [1.54, 1.807) is 0 Å². The minimum absolute atomic E-state index is 0.00857. The van der Waals surface area contributed by atoms with E-state index in [4.69, 9.17) is 11.6 Å². The third kappa shape index (κ3) is 3.56. The maximum atomic E-state index is 13.9. The third-order valence-corrected chi connectivity index (χ3v) is 5.90. The molecule has 2 saturated carbocycles. The van der Waals surface area contributed by atoms with Crippen LogP contribution in [0.4, 0.5) is 4.39 Å². The molecule has 2 N–H and O–H groups in total. The third-order valence-electron chi connectivity index (χ3n) is 3.97. The minimum Gasteiger partial charge on any atom is -0.310 e. The lowest BCUT2D eigenvalue weighted by Gasteiger charge is -2.26. The molecule has 0 radical (unpaired) electrons. The fraction of sp³-hybridized carbons (Fsp3) is 0.571. The number of rotatable bonds is 6. The Morgan fingerprint density at radius 2 is 1.90 bits per heavy atom. The molecule has 0 amide bonds. The van der Waals surface area contributed by atoms with Crippen molar-refractivity contribution in [3.05, 3.63) is 28.5 Å². The highest BCUT2D eigenvalue weighted by atomic mass is 35.5. The van der Waals surface area contributed by atoms with Gasteiger partial charge < -0.3 is 5.32 Å². The van der Waals surface area contributed by atoms with E-state index in [2.05, 4.69) is 10.0 Å². The van der Waals surface area contributed by atoms with Crippen LogP contribution in [-0.4, -0.2) is 20.5 Å². The lowest BCUT2D eigenvalue weighted by atomic mass is 9.94. The Bertz CT molecular complexity index is 643. The summed E-state index contributed by atoms with van der Waals surface area (Å²) in [7, 11) is -3.68. The van der Waals surface area contributed by atoms with E-state index >= 15 is 0 Å². The van der Waals surface area contributed by atoms with Gasteiger partial charge in [0.25, 0.3) is 0 Å². The molecule has 1 aromatic carbocycles. The number of nitrogens with one attached hydrogen (secondary N) is 2. The lowest BCUT2D eigenvalue weighted by molar-refractivity contribution is 0.383. The summed E-state index contributed by atoms with van der Waals surface area (Å²) in [6.45, 7) is 0.382. The van der Waals surface area contributed by atoms with E-state index < -0.39 is 15.8 Å². The van der Waals surface area contributed by atoms with Gasteiger partial charge in [-0.3, -0.25) is 0 Å². The topological polar surface area (TPSA) is 58.2 Å². The summed E-state index contributed by atoms with van der Waals surface area (Å²) < 4.78 is 41.0. The Labute approximate surface area is 129 Å². The molecule has 116 valence electrons. The monoisotopic (exact) mass is 332 g/mol. The summed E-state index contributed by atoms with van der Waals surface area (Å²) in [5.41, 5.74) is 0.484. The Kier molecular flexibility index (Phi) is 4.23. The van der Waals surface area contributed by atoms with Gasteiger partial charge >= 0.3 is 0 Å². The first-order chi connectivity index (χ1) is 9.95. The highest BCUT2D eigenvalue weighted by Crippen LogP contribution is 2.27. The Morgan fingerprint density at radius 3 is 2.48 bits per heavy atom. The van der Waals surface area contributed by atoms with Gasteiger partial charge in [0.1, 0.15) is 5.82 Å². The smallest absolute Gasteiger partial charge is 0.240 e. The number of hydrogen-bond donors (Lipinski definition) is 2. The average molecular weight is 333 g/mol. The summed E-state index contributed by atoms with van der Waals surface area (Å²) in [6.07, 6.45) is 4.90. The van der Waals surface area contributed by atoms with Crippen molar-refractivity contribution in [1.29, 1.82) is 0 Å². The molecule has 0 aliphatic heterocycles. The number of hydrogen-bond acceptors (Lipinski definition) is 3. The molecule has 0 aromatic heterocycles. The lowest BCUT2D eigenvalue weighted by Crippen LogP contribution is -2.39. The van der Waals surface area contributed by atoms with Crippen LogP contribution in [0, 0.1) is 5.82 Å². The molecule has 21 heavy (non-hydrogen) atoms. The van der Waals surface area contributed by atoms with Gasteiger partial charge in [0, 0.05) is 18.6 Å². The first-order valence-electron chi connectivity index (χ1n) is 7.19. The molecule has 2 aliphatic carbocycles. The van der Waals surface area contributed by atoms with Crippen LogP contribution in [0.15, 0.2) is 17.0 Å². The van der Waals surface area contributed by atoms with Crippen molar-refractivity contribution in [2.45, 2.75) is 55.6 Å². The SMILES string of the molecule is O=S(=O)(NC1CCC1)c1cc(F)c(Cl)c(CNC2CC2)c1. The maximum Gasteiger partial charge on any atom is 0.240 e. The Balaban J connectivity index is 1.82. The summed E-state index contributed by atoms with van der Waals surface area (Å²) in [4.78, 5) is -0.0519. The van der Waals surface area contributed by atoms with E-state index in [1.165, 1.54) is 6.07 Å². The van der Waals surface area contributed by atoms with Crippen LogP contribution in [0.1, 0.15) is 37.7 Å². The highest BCUT2D eigenvalue weighted by molar-refractivity contribution is 7.89. The van der Waals surface area contributed by atoms with Gasteiger partial charge in [0.05, 0.1) is 9.92 Å². The zero-order valence-electron chi connectivity index (χ0n) is 11.5. The molecule has 0 atom stereocenters. The van der Waals surface area contributed by atoms with Crippen molar-refractivity contribution in [1.82, 2.24) is 10.0 Å². The van der Waals surface area contributed by atoms with E-state index in [0.717, 1.165) is 38.2 Å². The Hall–Kier alpha value is -0.690. The first-order valence-corrected chi connectivity index (χ1v) is 9.05. The van der Waals surface area contributed by atoms with Gasteiger partial charge in [0.15, 0.2) is 0 Å². The standard InChI is InChI=1S/C14H18ClFN2O2S/c15-14-9(8-17-10-4-5-10)6-12(7-13(14)16)21(19,20)18-11-2-1-3-11/h6-7,10-11,17-18H,1-5,8H2. The van der Waals surface area contributed by atoms with Crippen LogP contribution in [0.2, 0.25) is 5.02 Å². The van der Waals surface area contributed by atoms with Crippen LogP contribution in [0.25, 0.3) is 0 Å². The molecule has 0 bridgehead atoms. The zero-order chi connectivity index (χ0) is 15.0. The van der Waals surface area contributed by atoms with Crippen molar-refractivity contribution in [3.8, 4) is 0 Å². The molecule has 0 unspecified atom stereocenters. The molecule has 0 saturated heterocycles. The second-order valence-corrected chi connectivity index (χ2v) is 7.87. The fourth-order valence-corrected chi connectivity index (χ4v) is 3.80. The van der Waals surface area contributed by atoms with Crippen molar-refractivity contribution in [2.24, 2.45) is 0 Å². The second kappa shape index (κ2) is 5.83. The highest BCUT2D eigenvalue weighted by Gasteiger charge is 2.26. The van der Waals surface area contributed by atoms with Gasteiger partial charge in [-0.15, -0.1) is 0 Å². The minimum atomic E-state index is -3.68. The molecule has 7 heteroatoms. The molecular weight excluding hydrogens is 315 g/mol. The van der Waals surface area contributed by atoms with Crippen LogP contribution in [-0.2, 0) is 16.6 Å². The summed E-state index contributed by atoms with van der Waals surface area (Å²) in [5.74, 6) is -0.694. The molecule has 1 aromatic rings. The van der Waals surface area contributed by atoms with Gasteiger partial charge in [-0.2, -0.15) is 0 Å². The van der Waals surface area contributed by atoms with E-state index in [1.807, 2.05) is 0 Å². The van der Waals surface area contributed by atoms with Crippen molar-refractivity contribution < 1.29 is 12.8 Å². The van der Waals surface area contributed by atoms with Crippen molar-refractivity contribution >= 4 is 21.6 Å². The molecule has 0 spiro atoms. The van der Waals surface area contributed by atoms with Crippen molar-refractivity contribution in [3.63, 3.8) is 0 Å². The van der Waals surface area contributed by atoms with E-state index in [-0.39, 0.29) is 16.0 Å². The summed E-state index contributed by atoms with van der Waals surface area (Å²) in [6, 6.07) is 2.87. The summed E-state index contributed by atoms with van der Waals surface area (Å²) >= 11 is 5.93. The molecular formula is C14H18ClFN2O2S.